The maximum atomic E-state index is 11.9. The number of H-pyrrole nitrogens is 2. The molecule has 0 aliphatic heterocycles. The third kappa shape index (κ3) is 2.97. The molecule has 0 fully saturated rings. The lowest BCUT2D eigenvalue weighted by Gasteiger charge is -2.09. The Morgan fingerprint density at radius 1 is 1.23 bits per heavy atom. The second-order valence-electron chi connectivity index (χ2n) is 4.25. The molecule has 0 radical (unpaired) electrons. The number of benzene rings is 1. The number of ether oxygens (including phenoxy) is 1. The summed E-state index contributed by atoms with van der Waals surface area (Å²) in [4.78, 5) is 26.4. The molecule has 0 unspecified atom stereocenters. The van der Waals surface area contributed by atoms with Crippen LogP contribution in [-0.2, 0) is 0 Å². The molecule has 1 aromatic carbocycles. The number of rotatable bonds is 4. The number of nitrogens with zero attached hydrogens (tertiary/aromatic N) is 3. The number of hydrogen-bond acceptors (Lipinski definition) is 7. The van der Waals surface area contributed by atoms with Crippen LogP contribution in [0.15, 0.2) is 29.1 Å². The maximum absolute atomic E-state index is 11.9. The van der Waals surface area contributed by atoms with Gasteiger partial charge in [-0.05, 0) is 18.6 Å². The van der Waals surface area contributed by atoms with Gasteiger partial charge in [-0.3, -0.25) is 4.79 Å². The smallest absolute Gasteiger partial charge is 0.281 e. The molecule has 0 atom stereocenters. The van der Waals surface area contributed by atoms with Crippen molar-refractivity contribution >= 4 is 11.2 Å². The summed E-state index contributed by atoms with van der Waals surface area (Å²) in [6.45, 7) is 2.64. The molecule has 0 saturated carbocycles. The highest BCUT2D eigenvalue weighted by Gasteiger charge is 2.12. The molecule has 9 heteroatoms. The highest BCUT2D eigenvalue weighted by molar-refractivity contribution is 5.72. The summed E-state index contributed by atoms with van der Waals surface area (Å²) in [6, 6.07) is 7.43. The summed E-state index contributed by atoms with van der Waals surface area (Å²) in [6.07, 6.45) is 0.903. The van der Waals surface area contributed by atoms with Gasteiger partial charge in [-0.1, -0.05) is 24.7 Å². The molecular weight excluding hydrogens is 288 g/mol. The van der Waals surface area contributed by atoms with Crippen LogP contribution in [0, 0.1) is 10.5 Å². The van der Waals surface area contributed by atoms with Gasteiger partial charge >= 0.3 is 0 Å². The molecule has 0 amide bonds. The van der Waals surface area contributed by atoms with E-state index in [0.717, 1.165) is 12.0 Å². The number of nitroso groups, excluding NO2 is 1. The van der Waals surface area contributed by atoms with Crippen molar-refractivity contribution < 1.29 is 4.74 Å². The minimum Gasteiger partial charge on any atom is -0.493 e. The third-order valence-corrected chi connectivity index (χ3v) is 2.80. The Morgan fingerprint density at radius 2 is 2.00 bits per heavy atom. The van der Waals surface area contributed by atoms with E-state index in [9.17, 15) is 4.79 Å². The van der Waals surface area contributed by atoms with Crippen LogP contribution in [0.5, 0.6) is 5.75 Å². The first-order chi connectivity index (χ1) is 10.8. The molecule has 3 rings (SSSR count). The van der Waals surface area contributed by atoms with Crippen molar-refractivity contribution in [2.45, 2.75) is 13.3 Å². The highest BCUT2D eigenvalue weighted by Crippen LogP contribution is 2.26. The van der Waals surface area contributed by atoms with Crippen molar-refractivity contribution in [1.29, 1.82) is 5.59 Å². The molecule has 0 aliphatic carbocycles. The van der Waals surface area contributed by atoms with Crippen molar-refractivity contribution in [3.05, 3.63) is 39.5 Å². The van der Waals surface area contributed by atoms with Gasteiger partial charge in [-0.15, -0.1) is 10.2 Å². The largest absolute Gasteiger partial charge is 0.493 e. The number of fused-ring (bicyclic) bond motifs is 1. The van der Waals surface area contributed by atoms with Crippen LogP contribution >= 0.6 is 0 Å². The molecule has 3 N–H and O–H groups in total. The fourth-order valence-electron chi connectivity index (χ4n) is 1.88. The second-order valence-corrected chi connectivity index (χ2v) is 4.25. The molecule has 2 heterocycles. The van der Waals surface area contributed by atoms with Gasteiger partial charge in [0.25, 0.3) is 5.56 Å². The molecule has 2 aromatic heterocycles. The first kappa shape index (κ1) is 15.3. The first-order valence-electron chi connectivity index (χ1n) is 6.53. The SMILES string of the molecule is CCCOc1ccccc1-c1nc2n[nH]nc2c(=O)[nH]1.N=O. The van der Waals surface area contributed by atoms with E-state index in [4.69, 9.17) is 9.64 Å². The Morgan fingerprint density at radius 3 is 2.77 bits per heavy atom. The molecule has 22 heavy (non-hydrogen) atoms. The average Bonchev–Trinajstić information content (AvgIpc) is 3.04. The first-order valence-corrected chi connectivity index (χ1v) is 6.53. The molecule has 0 saturated heterocycles. The molecule has 0 aliphatic rings. The highest BCUT2D eigenvalue weighted by atomic mass is 16.5. The summed E-state index contributed by atoms with van der Waals surface area (Å²) < 4.78 is 5.67. The Kier molecular flexibility index (Phi) is 4.91. The van der Waals surface area contributed by atoms with E-state index in [1.165, 1.54) is 0 Å². The molecular formula is C13H14N6O3. The summed E-state index contributed by atoms with van der Waals surface area (Å²) in [5.74, 6) is 1.10. The van der Waals surface area contributed by atoms with Gasteiger partial charge in [0.15, 0.2) is 5.52 Å². The van der Waals surface area contributed by atoms with E-state index in [1.807, 2.05) is 31.2 Å². The molecule has 9 nitrogen and oxygen atoms in total. The van der Waals surface area contributed by atoms with Gasteiger partial charge < -0.3 is 9.72 Å². The Bertz CT molecular complexity index is 813. The molecule has 0 spiro atoms. The number of nitrogens with one attached hydrogen (secondary N) is 3. The summed E-state index contributed by atoms with van der Waals surface area (Å²) in [5, 5.41) is 9.99. The van der Waals surface area contributed by atoms with Crippen molar-refractivity contribution in [3.8, 4) is 17.1 Å². The predicted octanol–water partition coefficient (Wildman–Crippen LogP) is 1.83. The van der Waals surface area contributed by atoms with E-state index >= 15 is 0 Å². The topological polar surface area (TPSA) is 137 Å². The zero-order chi connectivity index (χ0) is 15.9. The minimum atomic E-state index is -0.330. The zero-order valence-electron chi connectivity index (χ0n) is 11.8. The number of hydrogen-bond donors (Lipinski definition) is 3. The second kappa shape index (κ2) is 7.07. The summed E-state index contributed by atoms with van der Waals surface area (Å²) >= 11 is 0. The molecule has 114 valence electrons. The van der Waals surface area contributed by atoms with Crippen molar-refractivity contribution in [3.63, 3.8) is 0 Å². The van der Waals surface area contributed by atoms with Crippen LogP contribution in [0.3, 0.4) is 0 Å². The number of aromatic amines is 2. The van der Waals surface area contributed by atoms with Crippen LogP contribution < -0.4 is 10.3 Å². The van der Waals surface area contributed by atoms with Crippen LogP contribution in [0.1, 0.15) is 13.3 Å². The van der Waals surface area contributed by atoms with Gasteiger partial charge in [0.05, 0.1) is 12.2 Å². The zero-order valence-corrected chi connectivity index (χ0v) is 11.8. The van der Waals surface area contributed by atoms with E-state index in [1.54, 1.807) is 0 Å². The Balaban J connectivity index is 0.000000847. The Hall–Kier alpha value is -3.10. The van der Waals surface area contributed by atoms with Crippen LogP contribution in [0.4, 0.5) is 0 Å². The number of para-hydroxylation sites is 1. The van der Waals surface area contributed by atoms with Crippen molar-refractivity contribution in [2.24, 2.45) is 0 Å². The van der Waals surface area contributed by atoms with Crippen LogP contribution in [0.2, 0.25) is 0 Å². The van der Waals surface area contributed by atoms with E-state index in [2.05, 4.69) is 31.0 Å². The van der Waals surface area contributed by atoms with Crippen LogP contribution in [-0.4, -0.2) is 32.0 Å². The van der Waals surface area contributed by atoms with Crippen LogP contribution in [0.25, 0.3) is 22.6 Å². The van der Waals surface area contributed by atoms with Gasteiger partial charge in [-0.25, -0.2) is 4.98 Å². The lowest BCUT2D eigenvalue weighted by Crippen LogP contribution is -2.10. The average molecular weight is 302 g/mol. The summed E-state index contributed by atoms with van der Waals surface area (Å²) in [5.41, 5.74) is 5.38. The fourth-order valence-corrected chi connectivity index (χ4v) is 1.88. The fraction of sp³-hybridized carbons (Fsp3) is 0.231. The third-order valence-electron chi connectivity index (χ3n) is 2.80. The van der Waals surface area contributed by atoms with Crippen molar-refractivity contribution in [1.82, 2.24) is 25.4 Å². The minimum absolute atomic E-state index is 0.195. The predicted molar refractivity (Wildman–Crippen MR) is 79.6 cm³/mol. The van der Waals surface area contributed by atoms with Gasteiger partial charge in [0.2, 0.25) is 5.65 Å². The summed E-state index contributed by atoms with van der Waals surface area (Å²) in [7, 11) is 0. The lowest BCUT2D eigenvalue weighted by molar-refractivity contribution is 0.318. The van der Waals surface area contributed by atoms with Gasteiger partial charge in [0.1, 0.15) is 11.6 Å². The van der Waals surface area contributed by atoms with E-state index < -0.39 is 0 Å². The van der Waals surface area contributed by atoms with E-state index in [-0.39, 0.29) is 16.7 Å². The quantitative estimate of drug-likeness (QED) is 0.628. The lowest BCUT2D eigenvalue weighted by atomic mass is 10.2. The number of aromatic nitrogens is 5. The van der Waals surface area contributed by atoms with Gasteiger partial charge in [-0.2, -0.15) is 10.1 Å². The monoisotopic (exact) mass is 302 g/mol. The molecule has 3 aromatic rings. The van der Waals surface area contributed by atoms with Crippen molar-refractivity contribution in [2.75, 3.05) is 6.61 Å². The Labute approximate surface area is 124 Å². The standard InChI is InChI=1S/C13H13N5O2.HNO/c1-2-7-20-9-6-4-3-5-8(9)11-14-12-10(13(19)15-11)16-18-17-12;1-2/h3-6H,2,7H2,1H3,(H2,14,15,16,17,18,19);1H. The van der Waals surface area contributed by atoms with E-state index in [0.29, 0.717) is 18.2 Å². The maximum Gasteiger partial charge on any atom is 0.281 e. The van der Waals surface area contributed by atoms with Gasteiger partial charge in [0, 0.05) is 0 Å². The normalized spacial score (nSPS) is 10.0. The molecule has 0 bridgehead atoms.